The molecular formula is C35H32F9N7O8S. The van der Waals surface area contributed by atoms with Crippen LogP contribution in [-0.2, 0) is 31.0 Å². The zero-order valence-corrected chi connectivity index (χ0v) is 31.4. The van der Waals surface area contributed by atoms with Crippen LogP contribution in [0.15, 0.2) is 91.5 Å². The molecule has 0 radical (unpaired) electrons. The van der Waals surface area contributed by atoms with Crippen molar-refractivity contribution < 1.29 is 77.6 Å². The number of sulfonamides is 1. The number of fused-ring (bicyclic) bond motifs is 1. The van der Waals surface area contributed by atoms with Crippen molar-refractivity contribution in [2.45, 2.75) is 25.1 Å². The van der Waals surface area contributed by atoms with Crippen LogP contribution >= 0.6 is 0 Å². The largest absolute Gasteiger partial charge is 0.490 e. The Morgan fingerprint density at radius 2 is 1.25 bits per heavy atom. The van der Waals surface area contributed by atoms with Crippen LogP contribution in [0.1, 0.15) is 5.56 Å². The van der Waals surface area contributed by atoms with Crippen molar-refractivity contribution in [1.29, 1.82) is 0 Å². The summed E-state index contributed by atoms with van der Waals surface area (Å²) in [4.78, 5) is 40.4. The average Bonchev–Trinajstić information content (AvgIpc) is 3.72. The first-order valence-electron chi connectivity index (χ1n) is 16.5. The van der Waals surface area contributed by atoms with E-state index in [9.17, 15) is 47.9 Å². The van der Waals surface area contributed by atoms with Crippen LogP contribution < -0.4 is 14.1 Å². The maximum Gasteiger partial charge on any atom is 0.490 e. The number of aliphatic carboxylic acids is 3. The highest BCUT2D eigenvalue weighted by molar-refractivity contribution is 7.92. The molecule has 15 nitrogen and oxygen atoms in total. The third-order valence-electron chi connectivity index (χ3n) is 7.80. The lowest BCUT2D eigenvalue weighted by Gasteiger charge is -2.37. The van der Waals surface area contributed by atoms with Gasteiger partial charge in [0.25, 0.3) is 0 Å². The van der Waals surface area contributed by atoms with Gasteiger partial charge in [-0.15, -0.1) is 0 Å². The monoisotopic (exact) mass is 881 g/mol. The number of anilines is 3. The number of aromatic amines is 1. The zero-order chi connectivity index (χ0) is 45.1. The molecular weight excluding hydrogens is 849 g/mol. The topological polar surface area (TPSA) is 210 Å². The van der Waals surface area contributed by atoms with Crippen LogP contribution in [0.2, 0.25) is 0 Å². The summed E-state index contributed by atoms with van der Waals surface area (Å²) in [6.07, 6.45) is -8.69. The number of halogens is 9. The smallest absolute Gasteiger partial charge is 0.475 e. The minimum atomic E-state index is -5.08. The Kier molecular flexibility index (Phi) is 15.8. The molecule has 0 spiro atoms. The Morgan fingerprint density at radius 3 is 1.73 bits per heavy atom. The zero-order valence-electron chi connectivity index (χ0n) is 30.6. The average molecular weight is 882 g/mol. The second-order valence-corrected chi connectivity index (χ2v) is 14.0. The molecule has 60 heavy (non-hydrogen) atoms. The fourth-order valence-electron chi connectivity index (χ4n) is 5.05. The fraction of sp³-hybridized carbons (Fsp3) is 0.257. The molecule has 324 valence electrons. The number of nitrogens with zero attached hydrogens (tertiary/aromatic N) is 6. The van der Waals surface area contributed by atoms with Crippen molar-refractivity contribution in [3.63, 3.8) is 0 Å². The Hall–Kier alpha value is -6.66. The van der Waals surface area contributed by atoms with E-state index in [1.807, 2.05) is 79.1 Å². The highest BCUT2D eigenvalue weighted by Crippen LogP contribution is 2.31. The second-order valence-electron chi connectivity index (χ2n) is 12.1. The number of rotatable bonds is 7. The molecule has 0 saturated carbocycles. The molecule has 4 N–H and O–H groups in total. The maximum atomic E-state index is 12.7. The predicted molar refractivity (Wildman–Crippen MR) is 197 cm³/mol. The first-order valence-corrected chi connectivity index (χ1v) is 18.4. The molecule has 0 atom stereocenters. The Balaban J connectivity index is 0.000000377. The summed E-state index contributed by atoms with van der Waals surface area (Å²) >= 11 is 0. The molecule has 3 aromatic carbocycles. The first kappa shape index (κ1) is 47.7. The van der Waals surface area contributed by atoms with Gasteiger partial charge in [0.05, 0.1) is 30.2 Å². The number of benzene rings is 3. The SMILES string of the molecule is CS(=O)(=O)N(Cc1ccccc1)c1cccc(N2CCN(c3ncnc4ccc(-c5cn[nH]c5)cc34)CC2)c1.O=C(O)C(F)(F)F.O=C(O)C(F)(F)F.O=C(O)C(F)(F)F. The summed E-state index contributed by atoms with van der Waals surface area (Å²) in [5, 5.41) is 29.3. The van der Waals surface area contributed by atoms with Crippen LogP contribution in [-0.4, -0.2) is 113 Å². The van der Waals surface area contributed by atoms with Crippen molar-refractivity contribution in [3.05, 3.63) is 97.1 Å². The van der Waals surface area contributed by atoms with Crippen molar-refractivity contribution in [2.24, 2.45) is 0 Å². The summed E-state index contributed by atoms with van der Waals surface area (Å²) in [5.41, 5.74) is 5.59. The summed E-state index contributed by atoms with van der Waals surface area (Å²) in [6, 6.07) is 23.6. The molecule has 0 amide bonds. The number of hydrogen-bond donors (Lipinski definition) is 4. The Bertz CT molecular complexity index is 2270. The normalized spacial score (nSPS) is 13.1. The van der Waals surface area contributed by atoms with Gasteiger partial charge in [0.2, 0.25) is 10.0 Å². The number of alkyl halides is 9. The summed E-state index contributed by atoms with van der Waals surface area (Å²) in [7, 11) is -3.46. The van der Waals surface area contributed by atoms with Crippen molar-refractivity contribution in [2.75, 3.05) is 46.5 Å². The molecule has 3 heterocycles. The van der Waals surface area contributed by atoms with Gasteiger partial charge in [-0.25, -0.2) is 32.8 Å². The fourth-order valence-corrected chi connectivity index (χ4v) is 5.93. The number of hydrogen-bond acceptors (Lipinski definition) is 10. The van der Waals surface area contributed by atoms with Gasteiger partial charge in [0, 0.05) is 49.0 Å². The number of carboxylic acid groups (broad SMARTS) is 3. The van der Waals surface area contributed by atoms with E-state index in [-0.39, 0.29) is 0 Å². The lowest BCUT2D eigenvalue weighted by molar-refractivity contribution is -0.193. The van der Waals surface area contributed by atoms with Gasteiger partial charge in [-0.05, 0) is 41.5 Å². The number of carbonyl (C=O) groups is 3. The minimum Gasteiger partial charge on any atom is -0.475 e. The van der Waals surface area contributed by atoms with Crippen LogP contribution in [0, 0.1) is 0 Å². The van der Waals surface area contributed by atoms with Crippen molar-refractivity contribution in [1.82, 2.24) is 20.2 Å². The molecule has 1 aliphatic rings. The van der Waals surface area contributed by atoms with E-state index >= 15 is 0 Å². The second kappa shape index (κ2) is 19.9. The Labute approximate surface area is 333 Å². The van der Waals surface area contributed by atoms with Crippen molar-refractivity contribution in [3.8, 4) is 11.1 Å². The number of nitrogens with one attached hydrogen (secondary N) is 1. The molecule has 0 bridgehead atoms. The third-order valence-corrected chi connectivity index (χ3v) is 8.95. The molecule has 2 aromatic heterocycles. The maximum absolute atomic E-state index is 12.7. The Morgan fingerprint density at radius 1 is 0.717 bits per heavy atom. The third kappa shape index (κ3) is 14.3. The van der Waals surface area contributed by atoms with Gasteiger partial charge in [0.1, 0.15) is 12.1 Å². The van der Waals surface area contributed by atoms with Gasteiger partial charge in [-0.3, -0.25) is 9.40 Å². The molecule has 6 rings (SSSR count). The lowest BCUT2D eigenvalue weighted by atomic mass is 10.1. The summed E-state index contributed by atoms with van der Waals surface area (Å²) in [5.74, 6) is -7.35. The number of aromatic nitrogens is 4. The molecule has 1 fully saturated rings. The van der Waals surface area contributed by atoms with Crippen LogP contribution in [0.3, 0.4) is 0 Å². The standard InChI is InChI=1S/C29H29N7O2S.3C2HF3O2/c1-39(37,38)36(20-22-6-3-2-4-7-22)26-9-5-8-25(17-26)34-12-14-35(15-13-34)29-27-16-23(24-18-32-33-19-24)10-11-28(27)30-21-31-29;3*3-2(4,5)1(6)7/h2-11,16-19,21H,12-15,20H2,1H3,(H,32,33);3*(H,6,7). The molecule has 1 aliphatic heterocycles. The molecule has 5 aromatic rings. The lowest BCUT2D eigenvalue weighted by Crippen LogP contribution is -2.47. The van der Waals surface area contributed by atoms with E-state index in [1.54, 1.807) is 6.33 Å². The van der Waals surface area contributed by atoms with Gasteiger partial charge < -0.3 is 25.1 Å². The molecule has 1 saturated heterocycles. The minimum absolute atomic E-state index is 0.290. The van der Waals surface area contributed by atoms with E-state index < -0.39 is 46.5 Å². The van der Waals surface area contributed by atoms with Crippen LogP contribution in [0.25, 0.3) is 22.0 Å². The van der Waals surface area contributed by atoms with Crippen LogP contribution in [0.5, 0.6) is 0 Å². The number of carboxylic acids is 3. The summed E-state index contributed by atoms with van der Waals surface area (Å²) in [6.45, 7) is 3.43. The summed E-state index contributed by atoms with van der Waals surface area (Å²) < 4.78 is 122. The predicted octanol–water partition coefficient (Wildman–Crippen LogP) is 6.21. The quantitative estimate of drug-likeness (QED) is 0.134. The van der Waals surface area contributed by atoms with Gasteiger partial charge >= 0.3 is 36.4 Å². The molecule has 0 unspecified atom stereocenters. The molecule has 25 heteroatoms. The van der Waals surface area contributed by atoms with Crippen molar-refractivity contribution >= 4 is 56.0 Å². The molecule has 0 aliphatic carbocycles. The van der Waals surface area contributed by atoms with Gasteiger partial charge in [-0.1, -0.05) is 42.5 Å². The highest BCUT2D eigenvalue weighted by atomic mass is 32.2. The van der Waals surface area contributed by atoms with E-state index in [4.69, 9.17) is 29.7 Å². The number of piperazine rings is 1. The van der Waals surface area contributed by atoms with Crippen LogP contribution in [0.4, 0.5) is 56.7 Å². The van der Waals surface area contributed by atoms with Gasteiger partial charge in [0.15, 0.2) is 0 Å². The van der Waals surface area contributed by atoms with Gasteiger partial charge in [-0.2, -0.15) is 44.6 Å². The number of H-pyrrole nitrogens is 1. The van der Waals surface area contributed by atoms with E-state index in [1.165, 1.54) is 10.6 Å². The van der Waals surface area contributed by atoms with E-state index in [0.29, 0.717) is 12.2 Å². The first-order chi connectivity index (χ1) is 27.8. The van der Waals surface area contributed by atoms with E-state index in [0.717, 1.165) is 65.3 Å². The van der Waals surface area contributed by atoms with E-state index in [2.05, 4.69) is 36.0 Å². The highest BCUT2D eigenvalue weighted by Gasteiger charge is 2.39.